The summed E-state index contributed by atoms with van der Waals surface area (Å²) in [4.78, 5) is 10.6. The molecular formula is C22H28FNO4S. The van der Waals surface area contributed by atoms with Gasteiger partial charge in [0, 0.05) is 12.1 Å². The van der Waals surface area contributed by atoms with Gasteiger partial charge in [0.25, 0.3) is 0 Å². The van der Waals surface area contributed by atoms with Crippen LogP contribution in [0.5, 0.6) is 0 Å². The molecule has 0 heterocycles. The number of hydrogen-bond donors (Lipinski definition) is 2. The Hall–Kier alpha value is -2.15. The molecule has 1 saturated carbocycles. The van der Waals surface area contributed by atoms with Gasteiger partial charge in [0.15, 0.2) is 0 Å². The first-order chi connectivity index (χ1) is 13.8. The second kappa shape index (κ2) is 9.57. The van der Waals surface area contributed by atoms with Crippen LogP contribution < -0.4 is 4.72 Å². The number of nitrogens with one attached hydrogen (secondary N) is 1. The quantitative estimate of drug-likeness (QED) is 0.439. The molecule has 29 heavy (non-hydrogen) atoms. The summed E-state index contributed by atoms with van der Waals surface area (Å²) >= 11 is 0. The van der Waals surface area contributed by atoms with Crippen LogP contribution in [0.25, 0.3) is 0 Å². The molecule has 7 heteroatoms. The molecule has 3 aliphatic rings. The number of benzene rings is 1. The Morgan fingerprint density at radius 3 is 2.72 bits per heavy atom. The van der Waals surface area contributed by atoms with E-state index in [4.69, 9.17) is 5.11 Å². The highest BCUT2D eigenvalue weighted by atomic mass is 32.2. The van der Waals surface area contributed by atoms with Gasteiger partial charge in [-0.1, -0.05) is 24.3 Å². The van der Waals surface area contributed by atoms with Crippen LogP contribution in [0.4, 0.5) is 4.39 Å². The van der Waals surface area contributed by atoms with Crippen molar-refractivity contribution in [2.75, 3.05) is 5.75 Å². The molecular weight excluding hydrogens is 393 g/mol. The van der Waals surface area contributed by atoms with Crippen molar-refractivity contribution >= 4 is 16.0 Å². The third kappa shape index (κ3) is 6.42. The lowest BCUT2D eigenvalue weighted by Crippen LogP contribution is -2.35. The zero-order valence-electron chi connectivity index (χ0n) is 16.4. The standard InChI is InChI=1S/C22H28FNO4S/c23-19-9-6-16(7-10-19)12-13-29(27,28)24-21-15-17-8-11-20(21)18(14-17)4-2-1-3-5-22(25)26/h2,4,6-7,9-10,17-18,24H,1,3,5,8,11-15H2,(H,25,26). The molecule has 2 unspecified atom stereocenters. The van der Waals surface area contributed by atoms with Gasteiger partial charge in [0.2, 0.25) is 10.0 Å². The first kappa shape index (κ1) is 21.6. The number of unbranched alkanes of at least 4 members (excludes halogenated alkanes) is 1. The fraction of sp³-hybridized carbons (Fsp3) is 0.500. The Balaban J connectivity index is 1.60. The van der Waals surface area contributed by atoms with E-state index in [0.29, 0.717) is 18.8 Å². The Kier molecular flexibility index (Phi) is 7.11. The summed E-state index contributed by atoms with van der Waals surface area (Å²) in [5.41, 5.74) is 2.81. The molecule has 1 fully saturated rings. The number of rotatable bonds is 10. The number of allylic oxidation sites excluding steroid dienone is 4. The van der Waals surface area contributed by atoms with E-state index in [1.165, 1.54) is 17.7 Å². The Labute approximate surface area is 171 Å². The van der Waals surface area contributed by atoms with Gasteiger partial charge in [0.1, 0.15) is 5.82 Å². The van der Waals surface area contributed by atoms with Crippen LogP contribution in [0.3, 0.4) is 0 Å². The van der Waals surface area contributed by atoms with Crippen LogP contribution in [-0.4, -0.2) is 25.2 Å². The molecule has 1 aromatic carbocycles. The van der Waals surface area contributed by atoms with Crippen LogP contribution in [-0.2, 0) is 21.2 Å². The average Bonchev–Trinajstić information content (AvgIpc) is 2.67. The molecule has 4 rings (SSSR count). The Morgan fingerprint density at radius 2 is 2.03 bits per heavy atom. The van der Waals surface area contributed by atoms with Gasteiger partial charge in [0.05, 0.1) is 5.75 Å². The Bertz CT molecular complexity index is 890. The van der Waals surface area contributed by atoms with E-state index < -0.39 is 16.0 Å². The van der Waals surface area contributed by atoms with Gasteiger partial charge < -0.3 is 5.11 Å². The van der Waals surface area contributed by atoms with E-state index in [1.807, 2.05) is 6.08 Å². The smallest absolute Gasteiger partial charge is 0.303 e. The topological polar surface area (TPSA) is 83.5 Å². The largest absolute Gasteiger partial charge is 0.481 e. The average molecular weight is 422 g/mol. The molecule has 2 atom stereocenters. The monoisotopic (exact) mass is 421 g/mol. The molecule has 1 aromatic rings. The lowest BCUT2D eigenvalue weighted by atomic mass is 9.69. The molecule has 0 spiro atoms. The fourth-order valence-electron chi connectivity index (χ4n) is 4.22. The summed E-state index contributed by atoms with van der Waals surface area (Å²) in [5.74, 6) is -0.425. The maximum Gasteiger partial charge on any atom is 0.303 e. The number of carboxylic acid groups (broad SMARTS) is 1. The fourth-order valence-corrected chi connectivity index (χ4v) is 5.42. The molecule has 158 valence electrons. The first-order valence-corrected chi connectivity index (χ1v) is 11.8. The normalized spacial score (nSPS) is 21.7. The second-order valence-electron chi connectivity index (χ2n) is 7.97. The number of halogens is 1. The van der Waals surface area contributed by atoms with Crippen LogP contribution in [0.15, 0.2) is 47.7 Å². The minimum Gasteiger partial charge on any atom is -0.481 e. The van der Waals surface area contributed by atoms with Gasteiger partial charge in [-0.25, -0.2) is 12.8 Å². The van der Waals surface area contributed by atoms with E-state index in [2.05, 4.69) is 10.8 Å². The SMILES string of the molecule is O=C(O)CCCC=CC1CC2CCC1=C(NS(=O)(=O)CCc1ccc(F)cc1)C2. The highest BCUT2D eigenvalue weighted by Crippen LogP contribution is 2.44. The highest BCUT2D eigenvalue weighted by molar-refractivity contribution is 7.89. The first-order valence-electron chi connectivity index (χ1n) is 10.2. The number of carboxylic acids is 1. The molecule has 0 amide bonds. The molecule has 0 radical (unpaired) electrons. The summed E-state index contributed by atoms with van der Waals surface area (Å²) < 4.78 is 41.0. The van der Waals surface area contributed by atoms with E-state index in [9.17, 15) is 17.6 Å². The van der Waals surface area contributed by atoms with Gasteiger partial charge in [-0.05, 0) is 80.1 Å². The molecule has 3 aliphatic carbocycles. The summed E-state index contributed by atoms with van der Waals surface area (Å²) in [6.07, 6.45) is 9.80. The van der Waals surface area contributed by atoms with Crippen molar-refractivity contribution in [3.63, 3.8) is 0 Å². The predicted molar refractivity (Wildman–Crippen MR) is 110 cm³/mol. The molecule has 5 nitrogen and oxygen atoms in total. The van der Waals surface area contributed by atoms with Gasteiger partial charge in [-0.2, -0.15) is 0 Å². The van der Waals surface area contributed by atoms with E-state index in [0.717, 1.165) is 43.4 Å². The minimum absolute atomic E-state index is 0.0320. The number of sulfonamides is 1. The third-order valence-electron chi connectivity index (χ3n) is 5.72. The highest BCUT2D eigenvalue weighted by Gasteiger charge is 2.34. The van der Waals surface area contributed by atoms with E-state index in [-0.39, 0.29) is 23.9 Å². The van der Waals surface area contributed by atoms with Crippen LogP contribution in [0.1, 0.15) is 50.5 Å². The van der Waals surface area contributed by atoms with Gasteiger partial charge in [-0.3, -0.25) is 9.52 Å². The summed E-state index contributed by atoms with van der Waals surface area (Å²) in [6, 6.07) is 5.90. The van der Waals surface area contributed by atoms with Gasteiger partial charge in [-0.15, -0.1) is 0 Å². The van der Waals surface area contributed by atoms with Crippen LogP contribution in [0.2, 0.25) is 0 Å². The predicted octanol–water partition coefficient (Wildman–Crippen LogP) is 4.17. The van der Waals surface area contributed by atoms with Crippen molar-refractivity contribution in [2.24, 2.45) is 11.8 Å². The second-order valence-corrected chi connectivity index (χ2v) is 9.81. The third-order valence-corrected chi connectivity index (χ3v) is 7.02. The molecule has 0 aliphatic heterocycles. The van der Waals surface area contributed by atoms with Crippen molar-refractivity contribution in [2.45, 2.75) is 51.4 Å². The van der Waals surface area contributed by atoms with Crippen molar-refractivity contribution in [1.29, 1.82) is 0 Å². The summed E-state index contributed by atoms with van der Waals surface area (Å²) in [7, 11) is -3.47. The Morgan fingerprint density at radius 1 is 1.28 bits per heavy atom. The summed E-state index contributed by atoms with van der Waals surface area (Å²) in [6.45, 7) is 0. The lowest BCUT2D eigenvalue weighted by Gasteiger charge is -2.38. The maximum absolute atomic E-state index is 13.0. The maximum atomic E-state index is 13.0. The van der Waals surface area contributed by atoms with Crippen molar-refractivity contribution < 1.29 is 22.7 Å². The number of aliphatic carboxylic acids is 1. The van der Waals surface area contributed by atoms with Crippen molar-refractivity contribution in [1.82, 2.24) is 4.72 Å². The molecule has 0 aromatic heterocycles. The number of carbonyl (C=O) groups is 1. The number of aryl methyl sites for hydroxylation is 1. The molecule has 0 saturated heterocycles. The minimum atomic E-state index is -3.47. The van der Waals surface area contributed by atoms with E-state index >= 15 is 0 Å². The molecule has 2 bridgehead atoms. The lowest BCUT2D eigenvalue weighted by molar-refractivity contribution is -0.137. The van der Waals surface area contributed by atoms with E-state index in [1.54, 1.807) is 12.1 Å². The van der Waals surface area contributed by atoms with Crippen LogP contribution in [0, 0.1) is 17.7 Å². The number of fused-ring (bicyclic) bond motifs is 3. The van der Waals surface area contributed by atoms with Crippen LogP contribution >= 0.6 is 0 Å². The zero-order chi connectivity index (χ0) is 20.9. The van der Waals surface area contributed by atoms with Crippen molar-refractivity contribution in [3.05, 3.63) is 59.1 Å². The number of hydrogen-bond acceptors (Lipinski definition) is 3. The van der Waals surface area contributed by atoms with Gasteiger partial charge >= 0.3 is 5.97 Å². The summed E-state index contributed by atoms with van der Waals surface area (Å²) in [5, 5.41) is 8.71. The van der Waals surface area contributed by atoms with Crippen molar-refractivity contribution in [3.8, 4) is 0 Å². The molecule has 2 N–H and O–H groups in total. The zero-order valence-corrected chi connectivity index (χ0v) is 17.3.